The predicted molar refractivity (Wildman–Crippen MR) is 68.5 cm³/mol. The van der Waals surface area contributed by atoms with E-state index in [9.17, 15) is 4.79 Å². The van der Waals surface area contributed by atoms with Crippen LogP contribution < -0.4 is 0 Å². The predicted octanol–water partition coefficient (Wildman–Crippen LogP) is 4.03. The molecule has 1 nitrogen and oxygen atoms in total. The molecule has 1 rings (SSSR count). The van der Waals surface area contributed by atoms with Crippen LogP contribution in [0.2, 0.25) is 5.02 Å². The summed E-state index contributed by atoms with van der Waals surface area (Å²) in [5, 5.41) is 0.709. The van der Waals surface area contributed by atoms with Crippen molar-refractivity contribution in [2.45, 2.75) is 33.1 Å². The Balaban J connectivity index is 3.20. The highest BCUT2D eigenvalue weighted by atomic mass is 35.5. The van der Waals surface area contributed by atoms with Gasteiger partial charge in [-0.1, -0.05) is 51.4 Å². The lowest BCUT2D eigenvalue weighted by Crippen LogP contribution is -2.24. The van der Waals surface area contributed by atoms with Crippen LogP contribution in [0.5, 0.6) is 0 Å². The summed E-state index contributed by atoms with van der Waals surface area (Å²) in [7, 11) is 0. The maximum Gasteiger partial charge on any atom is 0.124 e. The molecule has 0 aliphatic heterocycles. The molecule has 0 aliphatic rings. The van der Waals surface area contributed by atoms with Gasteiger partial charge in [0.05, 0.1) is 0 Å². The van der Waals surface area contributed by atoms with Crippen molar-refractivity contribution in [3.63, 3.8) is 0 Å². The van der Waals surface area contributed by atoms with Crippen molar-refractivity contribution in [2.24, 2.45) is 5.92 Å². The second kappa shape index (κ2) is 4.86. The standard InChI is InChI=1S/C14H17ClO/c1-10(2)13(9-16)14(3,4)11-5-7-12(15)8-6-11/h5-8,10H,1-4H3. The smallest absolute Gasteiger partial charge is 0.124 e. The third-order valence-corrected chi connectivity index (χ3v) is 3.18. The molecular formula is C14H17ClO. The molecule has 0 amide bonds. The third kappa shape index (κ3) is 2.55. The summed E-state index contributed by atoms with van der Waals surface area (Å²) >= 11 is 5.85. The maximum atomic E-state index is 11.0. The minimum absolute atomic E-state index is 0.197. The fourth-order valence-electron chi connectivity index (χ4n) is 1.99. The van der Waals surface area contributed by atoms with E-state index in [1.54, 1.807) is 0 Å². The number of hydrogen-bond acceptors (Lipinski definition) is 1. The molecule has 16 heavy (non-hydrogen) atoms. The molecule has 0 N–H and O–H groups in total. The van der Waals surface area contributed by atoms with Crippen molar-refractivity contribution >= 4 is 17.5 Å². The van der Waals surface area contributed by atoms with Gasteiger partial charge in [-0.3, -0.25) is 0 Å². The first-order valence-electron chi connectivity index (χ1n) is 5.41. The number of carbonyl (C=O) groups excluding carboxylic acids is 1. The number of hydrogen-bond donors (Lipinski definition) is 0. The van der Waals surface area contributed by atoms with E-state index < -0.39 is 0 Å². The van der Waals surface area contributed by atoms with Crippen LogP contribution in [-0.4, -0.2) is 5.94 Å². The van der Waals surface area contributed by atoms with Crippen molar-refractivity contribution in [3.8, 4) is 0 Å². The molecule has 0 radical (unpaired) electrons. The second-order valence-corrected chi connectivity index (χ2v) is 5.24. The zero-order chi connectivity index (χ0) is 12.3. The van der Waals surface area contributed by atoms with Crippen molar-refractivity contribution in [1.82, 2.24) is 0 Å². The molecule has 0 spiro atoms. The number of rotatable bonds is 3. The van der Waals surface area contributed by atoms with Crippen LogP contribution in [0.3, 0.4) is 0 Å². The summed E-state index contributed by atoms with van der Waals surface area (Å²) in [4.78, 5) is 11.0. The highest BCUT2D eigenvalue weighted by Gasteiger charge is 2.28. The normalized spacial score (nSPS) is 11.4. The summed E-state index contributed by atoms with van der Waals surface area (Å²) in [5.74, 6) is 2.29. The lowest BCUT2D eigenvalue weighted by atomic mass is 9.74. The van der Waals surface area contributed by atoms with Crippen LogP contribution in [0.25, 0.3) is 0 Å². The molecule has 86 valence electrons. The van der Waals surface area contributed by atoms with Crippen LogP contribution >= 0.6 is 11.6 Å². The van der Waals surface area contributed by atoms with Gasteiger partial charge in [-0.05, 0) is 23.6 Å². The van der Waals surface area contributed by atoms with Gasteiger partial charge < -0.3 is 0 Å². The molecule has 0 fully saturated rings. The van der Waals surface area contributed by atoms with Crippen molar-refractivity contribution < 1.29 is 4.79 Å². The summed E-state index contributed by atoms with van der Waals surface area (Å²) in [6.45, 7) is 8.10. The second-order valence-electron chi connectivity index (χ2n) is 4.80. The topological polar surface area (TPSA) is 17.1 Å². The van der Waals surface area contributed by atoms with Crippen LogP contribution in [0, 0.1) is 5.92 Å². The molecule has 2 heteroatoms. The van der Waals surface area contributed by atoms with E-state index in [1.165, 1.54) is 0 Å². The van der Waals surface area contributed by atoms with Crippen molar-refractivity contribution in [1.29, 1.82) is 0 Å². The number of benzene rings is 1. The van der Waals surface area contributed by atoms with Gasteiger partial charge in [0.2, 0.25) is 0 Å². The number of allylic oxidation sites excluding steroid dienone is 1. The Hall–Kier alpha value is -1.04. The van der Waals surface area contributed by atoms with Crippen LogP contribution in [0.15, 0.2) is 29.8 Å². The average Bonchev–Trinajstić information content (AvgIpc) is 2.18. The first-order valence-corrected chi connectivity index (χ1v) is 5.79. The SMILES string of the molecule is CC(C)C(=C=O)C(C)(C)c1ccc(Cl)cc1. The Labute approximate surface area is 102 Å². The zero-order valence-corrected chi connectivity index (χ0v) is 10.9. The molecule has 1 aromatic carbocycles. The van der Waals surface area contributed by atoms with Gasteiger partial charge in [0, 0.05) is 16.0 Å². The van der Waals surface area contributed by atoms with Gasteiger partial charge in [0.15, 0.2) is 0 Å². The summed E-state index contributed by atoms with van der Waals surface area (Å²) < 4.78 is 0. The minimum Gasteiger partial charge on any atom is -0.234 e. The van der Waals surface area contributed by atoms with E-state index in [0.29, 0.717) is 5.02 Å². The van der Waals surface area contributed by atoms with E-state index in [1.807, 2.05) is 52.0 Å². The highest BCUT2D eigenvalue weighted by Crippen LogP contribution is 2.34. The molecule has 0 heterocycles. The van der Waals surface area contributed by atoms with Gasteiger partial charge in [-0.15, -0.1) is 0 Å². The molecular weight excluding hydrogens is 220 g/mol. The molecule has 0 saturated carbocycles. The lowest BCUT2D eigenvalue weighted by molar-refractivity contribution is 0.521. The van der Waals surface area contributed by atoms with Gasteiger partial charge in [-0.25, -0.2) is 4.79 Å². The fourth-order valence-corrected chi connectivity index (χ4v) is 2.12. The van der Waals surface area contributed by atoms with E-state index in [0.717, 1.165) is 11.1 Å². The summed E-state index contributed by atoms with van der Waals surface area (Å²) in [6, 6.07) is 7.62. The Bertz CT molecular complexity index is 409. The highest BCUT2D eigenvalue weighted by molar-refractivity contribution is 6.30. The Morgan fingerprint density at radius 3 is 2.12 bits per heavy atom. The molecule has 0 saturated heterocycles. The quantitative estimate of drug-likeness (QED) is 0.725. The maximum absolute atomic E-state index is 11.0. The Morgan fingerprint density at radius 1 is 1.25 bits per heavy atom. The summed E-state index contributed by atoms with van der Waals surface area (Å²) in [5.41, 5.74) is 1.58. The van der Waals surface area contributed by atoms with Gasteiger partial charge in [0.1, 0.15) is 5.94 Å². The van der Waals surface area contributed by atoms with Gasteiger partial charge >= 0.3 is 0 Å². The van der Waals surface area contributed by atoms with Gasteiger partial charge in [-0.2, -0.15) is 0 Å². The first kappa shape index (κ1) is 13.0. The monoisotopic (exact) mass is 236 g/mol. The van der Waals surface area contributed by atoms with Crippen molar-refractivity contribution in [2.75, 3.05) is 0 Å². The number of halogens is 1. The molecule has 0 unspecified atom stereocenters. The Morgan fingerprint density at radius 2 is 1.75 bits per heavy atom. The van der Waals surface area contributed by atoms with Crippen LogP contribution in [-0.2, 0) is 10.2 Å². The van der Waals surface area contributed by atoms with E-state index in [4.69, 9.17) is 11.6 Å². The summed E-state index contributed by atoms with van der Waals surface area (Å²) in [6.07, 6.45) is 0. The fraction of sp³-hybridized carbons (Fsp3) is 0.429. The molecule has 0 atom stereocenters. The molecule has 0 aromatic heterocycles. The zero-order valence-electron chi connectivity index (χ0n) is 10.2. The minimum atomic E-state index is -0.291. The lowest BCUT2D eigenvalue weighted by Gasteiger charge is -2.28. The molecule has 1 aromatic rings. The van der Waals surface area contributed by atoms with E-state index in [2.05, 4.69) is 5.94 Å². The molecule has 0 aliphatic carbocycles. The largest absolute Gasteiger partial charge is 0.234 e. The van der Waals surface area contributed by atoms with E-state index >= 15 is 0 Å². The van der Waals surface area contributed by atoms with Crippen LogP contribution in [0.4, 0.5) is 0 Å². The first-order chi connectivity index (χ1) is 7.39. The van der Waals surface area contributed by atoms with Gasteiger partial charge in [0.25, 0.3) is 0 Å². The third-order valence-electron chi connectivity index (χ3n) is 2.93. The van der Waals surface area contributed by atoms with Crippen molar-refractivity contribution in [3.05, 3.63) is 40.4 Å². The average molecular weight is 237 g/mol. The molecule has 0 bridgehead atoms. The van der Waals surface area contributed by atoms with Crippen LogP contribution in [0.1, 0.15) is 33.3 Å². The van der Waals surface area contributed by atoms with E-state index in [-0.39, 0.29) is 11.3 Å². The Kier molecular flexibility index (Phi) is 3.96.